The van der Waals surface area contributed by atoms with Gasteiger partial charge in [-0.25, -0.2) is 0 Å². The number of likely N-dealkylation sites (tertiary alicyclic amines) is 1. The molecule has 3 aromatic rings. The summed E-state index contributed by atoms with van der Waals surface area (Å²) in [5.41, 5.74) is 42.1. The molecular weight excluding hydrogens is 1500 g/mol. The van der Waals surface area contributed by atoms with Gasteiger partial charge in [0.1, 0.15) is 66.5 Å². The minimum absolute atomic E-state index is 0.0919. The maximum absolute atomic E-state index is 15.7. The molecule has 0 aliphatic carbocycles. The van der Waals surface area contributed by atoms with E-state index in [4.69, 9.17) is 34.4 Å². The minimum atomic E-state index is -1.93. The number of H-pyrrole nitrogens is 1. The first kappa shape index (κ1) is 91.8. The summed E-state index contributed by atoms with van der Waals surface area (Å²) >= 11 is 2.78. The van der Waals surface area contributed by atoms with Crippen LogP contribution in [0.15, 0.2) is 77.7 Å². The number of nitrogens with two attached hydrogens (primary N) is 6. The van der Waals surface area contributed by atoms with Crippen molar-refractivity contribution >= 4 is 135 Å². The average molecular weight is 1610 g/mol. The van der Waals surface area contributed by atoms with E-state index in [0.717, 1.165) is 0 Å². The smallest absolute Gasteiger partial charge is 0.303 e. The number of carbonyl (C=O) groups is 15. The Morgan fingerprint density at radius 3 is 1.71 bits per heavy atom. The molecule has 39 nitrogen and oxygen atoms in total. The van der Waals surface area contributed by atoms with Gasteiger partial charge in [-0.2, -0.15) is 23.5 Å². The number of hydrogen-bond acceptors (Lipinski definition) is 23. The Balaban J connectivity index is 1.46. The van der Waals surface area contributed by atoms with Crippen LogP contribution in [0.4, 0.5) is 5.69 Å². The lowest BCUT2D eigenvalue weighted by molar-refractivity contribution is -0.144. The number of para-hydroxylation sites is 2. The van der Waals surface area contributed by atoms with Crippen LogP contribution in [0.5, 0.6) is 0 Å². The number of hydrogen-bond donors (Lipinski definition) is 21. The summed E-state index contributed by atoms with van der Waals surface area (Å²) < 4.78 is 0. The summed E-state index contributed by atoms with van der Waals surface area (Å²) in [5, 5.41) is 47.9. The van der Waals surface area contributed by atoms with Gasteiger partial charge in [-0.15, -0.1) is 5.53 Å². The molecule has 0 spiro atoms. The van der Waals surface area contributed by atoms with Crippen molar-refractivity contribution in [3.63, 3.8) is 0 Å². The molecule has 1 aromatic heterocycles. The van der Waals surface area contributed by atoms with Crippen molar-refractivity contribution < 1.29 is 82.1 Å². The number of rotatable bonds is 48. The van der Waals surface area contributed by atoms with Crippen LogP contribution in [0, 0.1) is 17.8 Å². The number of benzene rings is 2. The predicted octanol–water partition coefficient (Wildman–Crippen LogP) is -4.76. The van der Waals surface area contributed by atoms with E-state index in [9.17, 15) is 67.7 Å². The van der Waals surface area contributed by atoms with Crippen molar-refractivity contribution in [2.24, 2.45) is 57.1 Å². The molecular formula is C71H108N22O17S2. The van der Waals surface area contributed by atoms with Crippen molar-refractivity contribution in [2.45, 2.75) is 184 Å². The quantitative estimate of drug-likeness (QED) is 0.0143. The first-order chi connectivity index (χ1) is 53.1. The Labute approximate surface area is 656 Å². The van der Waals surface area contributed by atoms with Gasteiger partial charge in [0.05, 0.1) is 36.9 Å². The molecule has 14 amide bonds. The number of aromatic nitrogens is 1. The molecule has 1 saturated heterocycles. The van der Waals surface area contributed by atoms with Crippen LogP contribution in [0.25, 0.3) is 10.9 Å². The fraction of sp³-hybridized carbons (Fsp3) is 0.549. The molecule has 1 unspecified atom stereocenters. The highest BCUT2D eigenvalue weighted by molar-refractivity contribution is 7.98. The first-order valence-corrected chi connectivity index (χ1v) is 39.4. The fourth-order valence-electron chi connectivity index (χ4n) is 12.1. The van der Waals surface area contributed by atoms with Gasteiger partial charge >= 0.3 is 5.97 Å². The second-order valence-corrected chi connectivity index (χ2v) is 29.4. The van der Waals surface area contributed by atoms with Crippen LogP contribution < -0.4 is 104 Å². The number of aliphatic hydroxyl groups is 1. The molecule has 1 fully saturated rings. The predicted molar refractivity (Wildman–Crippen MR) is 417 cm³/mol. The average Bonchev–Trinajstić information content (AvgIpc) is 1.63. The van der Waals surface area contributed by atoms with E-state index >= 15 is 14.4 Å². The van der Waals surface area contributed by atoms with Gasteiger partial charge in [0.25, 0.3) is 0 Å². The number of guanidine groups is 1. The standard InChI is InChI=1S/C71H108N22O17S2/c1-8-36(3)57(88-61(101)43(72)19-15-25-78-71(76)77)69(109)86-49(30-54(73)95)65(105)84-50(31-55(74)96)66(106)89-58(37(4)9-2)70(110)92-33-40(51-34-93(91-90-51)41-16-11-10-12-17-41)29-53(92)68(108)85-48(28-39-32-79-44-20-14-13-18-42(39)44)64(104)87-52(35-94)67(107)83-46(21-22-56(97)98)62(102)80-38(5)60(100)82-47(24-27-112-7)63(103)81-45(59(75)99)23-26-111-6/h10-14,16-18,20,32,34,36-38,40,43,45-50,52-53,57-58,79,90-91,94H,8-9,15,19,21-31,33,35,72H2,1-7H3,(H2,73,95)(H2,74,96)(H2,75,99)(H,80,102)(H,81,103)(H,82,100)(H,83,107)(H,84,105)(H,85,108)(H,86,109)(H,87,104)(H,88,101)(H,89,106)(H,97,98)(H4,76,77,78)/t36-,37-,38-,40?,43-,45-,46-,47-,48-,49-,50-,52-,53-,57-,58-/m0/s1. The molecule has 616 valence electrons. The van der Waals surface area contributed by atoms with Crippen LogP contribution in [0.1, 0.15) is 111 Å². The molecule has 15 atom stereocenters. The summed E-state index contributed by atoms with van der Waals surface area (Å²) in [4.78, 5) is 216. The lowest BCUT2D eigenvalue weighted by Gasteiger charge is -2.33. The molecule has 5 rings (SSSR count). The highest BCUT2D eigenvalue weighted by atomic mass is 32.2. The zero-order chi connectivity index (χ0) is 83.1. The summed E-state index contributed by atoms with van der Waals surface area (Å²) in [6, 6.07) is -2.37. The molecule has 0 bridgehead atoms. The van der Waals surface area contributed by atoms with E-state index in [0.29, 0.717) is 52.2 Å². The van der Waals surface area contributed by atoms with Gasteiger partial charge in [0.2, 0.25) is 82.7 Å². The van der Waals surface area contributed by atoms with E-state index in [2.05, 4.69) is 74.1 Å². The minimum Gasteiger partial charge on any atom is -0.481 e. The summed E-state index contributed by atoms with van der Waals surface area (Å²) in [7, 11) is 0. The third-order valence-corrected chi connectivity index (χ3v) is 20.3. The highest BCUT2D eigenvalue weighted by Crippen LogP contribution is 2.32. The van der Waals surface area contributed by atoms with E-state index < -0.39 is 211 Å². The zero-order valence-corrected chi connectivity index (χ0v) is 65.3. The van der Waals surface area contributed by atoms with Gasteiger partial charge in [-0.3, -0.25) is 81.9 Å². The van der Waals surface area contributed by atoms with Gasteiger partial charge in [0.15, 0.2) is 5.96 Å². The fourth-order valence-corrected chi connectivity index (χ4v) is 13.1. The van der Waals surface area contributed by atoms with Gasteiger partial charge in [0, 0.05) is 55.1 Å². The summed E-state index contributed by atoms with van der Waals surface area (Å²) in [5.74, 6) is -16.7. The molecule has 3 heterocycles. The van der Waals surface area contributed by atoms with E-state index in [1.54, 1.807) is 106 Å². The van der Waals surface area contributed by atoms with Crippen LogP contribution in [-0.2, 0) is 78.3 Å². The number of nitrogens with zero attached hydrogens (tertiary/aromatic N) is 3. The molecule has 2 aromatic carbocycles. The summed E-state index contributed by atoms with van der Waals surface area (Å²) in [6.45, 7) is 6.68. The van der Waals surface area contributed by atoms with E-state index in [-0.39, 0.29) is 57.6 Å². The number of carboxylic acid groups (broad SMARTS) is 1. The molecule has 41 heteroatoms. The molecule has 2 aliphatic rings. The molecule has 112 heavy (non-hydrogen) atoms. The van der Waals surface area contributed by atoms with Crippen molar-refractivity contribution in [3.8, 4) is 0 Å². The van der Waals surface area contributed by atoms with E-state index in [1.807, 2.05) is 6.07 Å². The Morgan fingerprint density at radius 1 is 0.589 bits per heavy atom. The first-order valence-electron chi connectivity index (χ1n) is 36.6. The lowest BCUT2D eigenvalue weighted by Crippen LogP contribution is -2.62. The molecule has 0 saturated carbocycles. The topological polar surface area (TPSA) is 632 Å². The van der Waals surface area contributed by atoms with Gasteiger partial charge in [-0.1, -0.05) is 76.9 Å². The van der Waals surface area contributed by atoms with Crippen molar-refractivity contribution in [3.05, 3.63) is 78.3 Å². The SMILES string of the molecule is CC[C@H](C)[C@H](NC(=O)[C@@H](N)CCCN=C(N)N)C(=O)N[C@@H](CC(N)=O)C(=O)N[C@@H](CC(N)=O)C(=O)N[C@H](C(=O)N1CC(C2=CN(c3ccccc3)NN2)C[C@H]1C(=O)N[C@@H](Cc1c[nH]c2ccccc12)C(=O)N[C@@H](CO)C(=O)N[C@@H](CCC(=O)O)C(=O)N[C@@H](C)C(=O)N[C@@H](CCSC)C(=O)N[C@@H](CCSC)C(N)=O)[C@@H](C)CC. The second-order valence-electron chi connectivity index (χ2n) is 27.4. The number of carbonyl (C=O) groups excluding carboxylic acids is 14. The number of fused-ring (bicyclic) bond motifs is 1. The monoisotopic (exact) mass is 1600 g/mol. The Morgan fingerprint density at radius 2 is 1.11 bits per heavy atom. The van der Waals surface area contributed by atoms with Crippen LogP contribution in [0.2, 0.25) is 0 Å². The number of aromatic amines is 1. The van der Waals surface area contributed by atoms with Crippen molar-refractivity contribution in [2.75, 3.05) is 48.7 Å². The number of aliphatic hydroxyl groups excluding tert-OH is 1. The number of aliphatic imine (C=N–C) groups is 1. The normalized spacial score (nSPS) is 17.3. The molecule has 2 aliphatic heterocycles. The number of primary amides is 3. The van der Waals surface area contributed by atoms with E-state index in [1.165, 1.54) is 35.3 Å². The van der Waals surface area contributed by atoms with Gasteiger partial charge in [-0.05, 0) is 105 Å². The number of nitrogens with one attached hydrogen (secondary N) is 13. The maximum atomic E-state index is 15.7. The number of aliphatic carboxylic acids is 1. The Bertz CT molecular complexity index is 3870. The van der Waals surface area contributed by atoms with Crippen LogP contribution in [-0.4, -0.2) is 231 Å². The number of hydrazine groups is 2. The highest BCUT2D eigenvalue weighted by Gasteiger charge is 2.47. The third-order valence-electron chi connectivity index (χ3n) is 19.0. The lowest BCUT2D eigenvalue weighted by atomic mass is 9.96. The molecule has 27 N–H and O–H groups in total. The summed E-state index contributed by atoms with van der Waals surface area (Å²) in [6.07, 6.45) is 4.50. The third kappa shape index (κ3) is 28.2. The second kappa shape index (κ2) is 45.5. The van der Waals surface area contributed by atoms with Crippen LogP contribution >= 0.6 is 23.5 Å². The van der Waals surface area contributed by atoms with Crippen LogP contribution in [0.3, 0.4) is 0 Å². The Hall–Kier alpha value is -10.8. The molecule has 0 radical (unpaired) electrons. The number of carboxylic acids is 1. The zero-order valence-electron chi connectivity index (χ0n) is 63.7. The maximum Gasteiger partial charge on any atom is 0.303 e. The van der Waals surface area contributed by atoms with Crippen molar-refractivity contribution in [1.82, 2.24) is 74.0 Å². The van der Waals surface area contributed by atoms with Gasteiger partial charge < -0.3 is 113 Å². The number of thioether (sulfide) groups is 2. The Kier molecular flexibility index (Phi) is 37.3. The number of anilines is 1. The van der Waals surface area contributed by atoms with Crippen molar-refractivity contribution in [1.29, 1.82) is 0 Å². The largest absolute Gasteiger partial charge is 0.481 e. The number of amides is 14.